The normalized spacial score (nSPS) is 10.7. The van der Waals surface area contributed by atoms with E-state index in [-0.39, 0.29) is 10.6 Å². The fourth-order valence-electron chi connectivity index (χ4n) is 4.35. The predicted octanol–water partition coefficient (Wildman–Crippen LogP) is 6.79. The van der Waals surface area contributed by atoms with E-state index in [0.717, 1.165) is 39.4 Å². The first-order chi connectivity index (χ1) is 18.1. The zero-order valence-electron chi connectivity index (χ0n) is 20.4. The molecule has 7 heteroatoms. The Morgan fingerprint density at radius 1 is 0.892 bits per heavy atom. The van der Waals surface area contributed by atoms with Crippen LogP contribution in [0.5, 0.6) is 5.75 Å². The molecule has 4 aromatic carbocycles. The van der Waals surface area contributed by atoms with Crippen molar-refractivity contribution in [3.8, 4) is 28.0 Å². The molecule has 1 aromatic heterocycles. The van der Waals surface area contributed by atoms with Gasteiger partial charge in [-0.2, -0.15) is 0 Å². The van der Waals surface area contributed by atoms with Gasteiger partial charge in [0.25, 0.3) is 5.69 Å². The number of anilines is 1. The third-order valence-corrected chi connectivity index (χ3v) is 6.29. The van der Waals surface area contributed by atoms with Crippen LogP contribution in [0.4, 0.5) is 11.4 Å². The van der Waals surface area contributed by atoms with E-state index in [1.165, 1.54) is 0 Å². The molecule has 0 amide bonds. The molecule has 0 spiro atoms. The second kappa shape index (κ2) is 10.8. The highest BCUT2D eigenvalue weighted by molar-refractivity contribution is 5.74. The van der Waals surface area contributed by atoms with E-state index in [1.54, 1.807) is 25.7 Å². The molecule has 5 rings (SSSR count). The van der Waals surface area contributed by atoms with E-state index in [9.17, 15) is 10.1 Å². The van der Waals surface area contributed by atoms with Crippen LogP contribution in [0.1, 0.15) is 11.3 Å². The summed E-state index contributed by atoms with van der Waals surface area (Å²) in [4.78, 5) is 15.9. The van der Waals surface area contributed by atoms with Crippen LogP contribution in [-0.4, -0.2) is 21.6 Å². The van der Waals surface area contributed by atoms with Crippen molar-refractivity contribution in [1.82, 2.24) is 9.55 Å². The Balaban J connectivity index is 1.35. The summed E-state index contributed by atoms with van der Waals surface area (Å²) in [6.07, 6.45) is 3.48. The lowest BCUT2D eigenvalue weighted by Gasteiger charge is -2.14. The summed E-state index contributed by atoms with van der Waals surface area (Å²) >= 11 is 0. The average Bonchev–Trinajstić information content (AvgIpc) is 3.39. The lowest BCUT2D eigenvalue weighted by Crippen LogP contribution is -2.09. The molecule has 5 aromatic rings. The summed E-state index contributed by atoms with van der Waals surface area (Å²) in [5.41, 5.74) is 6.40. The van der Waals surface area contributed by atoms with Crippen molar-refractivity contribution in [3.05, 3.63) is 131 Å². The third-order valence-electron chi connectivity index (χ3n) is 6.29. The van der Waals surface area contributed by atoms with Gasteiger partial charge in [-0.3, -0.25) is 10.1 Å². The number of nitro groups is 1. The van der Waals surface area contributed by atoms with Crippen LogP contribution < -0.4 is 10.1 Å². The second-order valence-electron chi connectivity index (χ2n) is 8.61. The average molecular weight is 491 g/mol. The van der Waals surface area contributed by atoms with E-state index in [2.05, 4.69) is 16.4 Å². The molecule has 1 heterocycles. The summed E-state index contributed by atoms with van der Waals surface area (Å²) in [5.74, 6) is 0.799. The first-order valence-corrected chi connectivity index (χ1v) is 11.9. The maximum Gasteiger partial charge on any atom is 0.275 e. The number of ether oxygens (including phenoxy) is 1. The van der Waals surface area contributed by atoms with Gasteiger partial charge in [0.2, 0.25) is 0 Å². The molecule has 0 radical (unpaired) electrons. The van der Waals surface area contributed by atoms with Gasteiger partial charge in [0.15, 0.2) is 0 Å². The minimum Gasteiger partial charge on any atom is -0.496 e. The second-order valence-corrected chi connectivity index (χ2v) is 8.61. The SMILES string of the molecule is COc1ccc(NCc2cncn2Cc2ccc(-c3ccccc3)cc2[N+](=O)[O-])cc1-c1ccccc1. The maximum atomic E-state index is 11.9. The van der Waals surface area contributed by atoms with Crippen LogP contribution in [-0.2, 0) is 13.1 Å². The fraction of sp³-hybridized carbons (Fsp3) is 0.100. The molecule has 0 atom stereocenters. The van der Waals surface area contributed by atoms with E-state index in [1.807, 2.05) is 89.5 Å². The number of imidazole rings is 1. The molecule has 0 aliphatic carbocycles. The Morgan fingerprint density at radius 2 is 1.62 bits per heavy atom. The molecule has 7 nitrogen and oxygen atoms in total. The van der Waals surface area contributed by atoms with Crippen molar-refractivity contribution in [2.75, 3.05) is 12.4 Å². The van der Waals surface area contributed by atoms with Gasteiger partial charge < -0.3 is 14.6 Å². The minimum absolute atomic E-state index is 0.0941. The van der Waals surface area contributed by atoms with Gasteiger partial charge in [-0.15, -0.1) is 0 Å². The molecular formula is C30H26N4O3. The van der Waals surface area contributed by atoms with Crippen molar-refractivity contribution in [2.24, 2.45) is 0 Å². The number of nitro benzene ring substituents is 1. The van der Waals surface area contributed by atoms with Crippen molar-refractivity contribution >= 4 is 11.4 Å². The van der Waals surface area contributed by atoms with Gasteiger partial charge in [-0.25, -0.2) is 4.98 Å². The summed E-state index contributed by atoms with van der Waals surface area (Å²) < 4.78 is 7.49. The van der Waals surface area contributed by atoms with Crippen LogP contribution in [0.25, 0.3) is 22.3 Å². The Hall–Kier alpha value is -4.91. The van der Waals surface area contributed by atoms with Crippen molar-refractivity contribution in [1.29, 1.82) is 0 Å². The Bertz CT molecular complexity index is 1510. The summed E-state index contributed by atoms with van der Waals surface area (Å²) in [7, 11) is 1.67. The lowest BCUT2D eigenvalue weighted by atomic mass is 10.0. The third kappa shape index (κ3) is 5.36. The Labute approximate surface area is 215 Å². The number of hydrogen-bond donors (Lipinski definition) is 1. The van der Waals surface area contributed by atoms with Crippen LogP contribution in [0.2, 0.25) is 0 Å². The number of nitrogens with one attached hydrogen (secondary N) is 1. The minimum atomic E-state index is -0.320. The number of nitrogens with zero attached hydrogens (tertiary/aromatic N) is 3. The summed E-state index contributed by atoms with van der Waals surface area (Å²) in [5, 5.41) is 15.3. The molecule has 0 unspecified atom stereocenters. The number of benzene rings is 4. The van der Waals surface area contributed by atoms with Gasteiger partial charge in [0, 0.05) is 29.1 Å². The van der Waals surface area contributed by atoms with Crippen LogP contribution >= 0.6 is 0 Å². The Kier molecular flexibility index (Phi) is 6.94. The summed E-state index contributed by atoms with van der Waals surface area (Å²) in [6, 6.07) is 31.1. The first-order valence-electron chi connectivity index (χ1n) is 11.9. The summed E-state index contributed by atoms with van der Waals surface area (Å²) in [6.45, 7) is 0.858. The zero-order valence-corrected chi connectivity index (χ0v) is 20.4. The molecule has 1 N–H and O–H groups in total. The van der Waals surface area contributed by atoms with E-state index in [4.69, 9.17) is 4.74 Å². The standard InChI is InChI=1S/C30H26N4O3/c1-37-30-15-14-26(17-28(30)23-10-6-3-7-11-23)32-19-27-18-31-21-33(27)20-25-13-12-24(16-29(25)34(35)36)22-8-4-2-5-9-22/h2-18,21,32H,19-20H2,1H3. The van der Waals surface area contributed by atoms with Crippen molar-refractivity contribution in [3.63, 3.8) is 0 Å². The highest BCUT2D eigenvalue weighted by Gasteiger charge is 2.17. The smallest absolute Gasteiger partial charge is 0.275 e. The van der Waals surface area contributed by atoms with Crippen LogP contribution in [0, 0.1) is 10.1 Å². The van der Waals surface area contributed by atoms with Gasteiger partial charge >= 0.3 is 0 Å². The molecule has 0 bridgehead atoms. The Morgan fingerprint density at radius 3 is 2.32 bits per heavy atom. The molecular weight excluding hydrogens is 464 g/mol. The molecule has 37 heavy (non-hydrogen) atoms. The fourth-order valence-corrected chi connectivity index (χ4v) is 4.35. The number of rotatable bonds is 9. The van der Waals surface area contributed by atoms with Crippen molar-refractivity contribution in [2.45, 2.75) is 13.1 Å². The van der Waals surface area contributed by atoms with Gasteiger partial charge in [-0.05, 0) is 41.0 Å². The van der Waals surface area contributed by atoms with Crippen LogP contribution in [0.3, 0.4) is 0 Å². The van der Waals surface area contributed by atoms with E-state index in [0.29, 0.717) is 18.7 Å². The quantitative estimate of drug-likeness (QED) is 0.182. The van der Waals surface area contributed by atoms with Gasteiger partial charge in [0.05, 0.1) is 37.1 Å². The largest absolute Gasteiger partial charge is 0.496 e. The van der Waals surface area contributed by atoms with Crippen molar-refractivity contribution < 1.29 is 9.66 Å². The molecule has 0 saturated carbocycles. The highest BCUT2D eigenvalue weighted by Crippen LogP contribution is 2.33. The van der Waals surface area contributed by atoms with E-state index < -0.39 is 0 Å². The molecule has 0 aliphatic rings. The van der Waals surface area contributed by atoms with E-state index >= 15 is 0 Å². The molecule has 184 valence electrons. The number of aromatic nitrogens is 2. The number of hydrogen-bond acceptors (Lipinski definition) is 5. The van der Waals surface area contributed by atoms with Gasteiger partial charge in [0.1, 0.15) is 5.75 Å². The number of methoxy groups -OCH3 is 1. The van der Waals surface area contributed by atoms with Gasteiger partial charge in [-0.1, -0.05) is 66.7 Å². The highest BCUT2D eigenvalue weighted by atomic mass is 16.6. The molecule has 0 aliphatic heterocycles. The zero-order chi connectivity index (χ0) is 25.6. The first kappa shape index (κ1) is 23.8. The lowest BCUT2D eigenvalue weighted by molar-refractivity contribution is -0.385. The molecule has 0 saturated heterocycles. The maximum absolute atomic E-state index is 11.9. The predicted molar refractivity (Wildman–Crippen MR) is 146 cm³/mol. The van der Waals surface area contributed by atoms with Crippen LogP contribution in [0.15, 0.2) is 110 Å². The monoisotopic (exact) mass is 490 g/mol. The topological polar surface area (TPSA) is 82.2 Å². The molecule has 0 fully saturated rings.